The van der Waals surface area contributed by atoms with E-state index < -0.39 is 22.3 Å². The molecule has 0 radical (unpaired) electrons. The molecule has 1 aromatic rings. The van der Waals surface area contributed by atoms with Gasteiger partial charge in [-0.1, -0.05) is 6.42 Å². The molecule has 0 aliphatic heterocycles. The fourth-order valence-corrected chi connectivity index (χ4v) is 1.73. The predicted molar refractivity (Wildman–Crippen MR) is 70.0 cm³/mol. The summed E-state index contributed by atoms with van der Waals surface area (Å²) in [7, 11) is 0. The average molecular weight is 289 g/mol. The van der Waals surface area contributed by atoms with Crippen LogP contribution >= 0.6 is 11.6 Å². The zero-order chi connectivity index (χ0) is 14.3. The van der Waals surface area contributed by atoms with Gasteiger partial charge in [0.15, 0.2) is 0 Å². The highest BCUT2D eigenvalue weighted by Crippen LogP contribution is 2.19. The second kappa shape index (κ2) is 7.68. The highest BCUT2D eigenvalue weighted by atomic mass is 35.5. The highest BCUT2D eigenvalue weighted by Gasteiger charge is 2.20. The van der Waals surface area contributed by atoms with Gasteiger partial charge < -0.3 is 5.32 Å². The van der Waals surface area contributed by atoms with Crippen LogP contribution in [0.2, 0.25) is 0 Å². The number of carbonyl (C=O) groups excluding carboxylic acids is 1. The zero-order valence-electron chi connectivity index (χ0n) is 10.2. The molecular weight excluding hydrogens is 275 g/mol. The van der Waals surface area contributed by atoms with Gasteiger partial charge >= 0.3 is 0 Å². The molecule has 0 heterocycles. The standard InChI is InChI=1S/C12H14ClFN2O3/c13-6-2-1-3-7-15-12(17)10-5-4-9(14)8-11(10)16(18)19/h4-5,8H,1-3,6-7H2,(H,15,17). The number of amides is 1. The SMILES string of the molecule is O=C(NCCCCCCl)c1ccc(F)cc1[N+](=O)[O-]. The summed E-state index contributed by atoms with van der Waals surface area (Å²) in [6.45, 7) is 0.407. The lowest BCUT2D eigenvalue weighted by molar-refractivity contribution is -0.385. The molecule has 0 fully saturated rings. The first-order chi connectivity index (χ1) is 9.06. The van der Waals surface area contributed by atoms with Gasteiger partial charge in [0.1, 0.15) is 11.4 Å². The molecule has 1 N–H and O–H groups in total. The summed E-state index contributed by atoms with van der Waals surface area (Å²) < 4.78 is 12.9. The third kappa shape index (κ3) is 4.82. The van der Waals surface area contributed by atoms with Crippen molar-refractivity contribution in [2.24, 2.45) is 0 Å². The van der Waals surface area contributed by atoms with Gasteiger partial charge in [0.2, 0.25) is 0 Å². The summed E-state index contributed by atoms with van der Waals surface area (Å²) in [4.78, 5) is 21.7. The Morgan fingerprint density at radius 3 is 2.74 bits per heavy atom. The molecule has 1 aromatic carbocycles. The number of nitrogens with one attached hydrogen (secondary N) is 1. The minimum absolute atomic E-state index is 0.135. The second-order valence-electron chi connectivity index (χ2n) is 3.92. The Morgan fingerprint density at radius 1 is 1.37 bits per heavy atom. The van der Waals surface area contributed by atoms with Gasteiger partial charge in [0, 0.05) is 12.4 Å². The van der Waals surface area contributed by atoms with Crippen molar-refractivity contribution < 1.29 is 14.1 Å². The minimum Gasteiger partial charge on any atom is -0.352 e. The smallest absolute Gasteiger partial charge is 0.285 e. The second-order valence-corrected chi connectivity index (χ2v) is 4.30. The van der Waals surface area contributed by atoms with Crippen LogP contribution in [0.4, 0.5) is 10.1 Å². The number of hydrogen-bond donors (Lipinski definition) is 1. The number of nitro groups is 1. The Morgan fingerprint density at radius 2 is 2.11 bits per heavy atom. The van der Waals surface area contributed by atoms with Crippen molar-refractivity contribution in [2.75, 3.05) is 12.4 Å². The fraction of sp³-hybridized carbons (Fsp3) is 0.417. The maximum absolute atomic E-state index is 12.9. The lowest BCUT2D eigenvalue weighted by atomic mass is 10.1. The Balaban J connectivity index is 2.64. The minimum atomic E-state index is -0.772. The summed E-state index contributed by atoms with van der Waals surface area (Å²) in [5, 5.41) is 13.3. The largest absolute Gasteiger partial charge is 0.352 e. The van der Waals surface area contributed by atoms with Crippen LogP contribution in [0.5, 0.6) is 0 Å². The molecule has 0 aliphatic rings. The van der Waals surface area contributed by atoms with Gasteiger partial charge in [-0.05, 0) is 25.0 Å². The molecule has 0 aliphatic carbocycles. The van der Waals surface area contributed by atoms with Crippen LogP contribution in [0.1, 0.15) is 29.6 Å². The molecule has 7 heteroatoms. The number of unbranched alkanes of at least 4 members (excludes halogenated alkanes) is 2. The van der Waals surface area contributed by atoms with E-state index in [9.17, 15) is 19.3 Å². The summed E-state index contributed by atoms with van der Waals surface area (Å²) in [6.07, 6.45) is 2.47. The van der Waals surface area contributed by atoms with Gasteiger partial charge in [-0.2, -0.15) is 0 Å². The molecule has 0 unspecified atom stereocenters. The summed E-state index contributed by atoms with van der Waals surface area (Å²) in [5.74, 6) is -0.750. The first-order valence-corrected chi connectivity index (χ1v) is 6.38. The fourth-order valence-electron chi connectivity index (χ4n) is 1.54. The van der Waals surface area contributed by atoms with Gasteiger partial charge in [0.05, 0.1) is 11.0 Å². The van der Waals surface area contributed by atoms with E-state index in [0.717, 1.165) is 37.5 Å². The number of hydrogen-bond acceptors (Lipinski definition) is 3. The number of nitrogens with zero attached hydrogens (tertiary/aromatic N) is 1. The molecule has 0 spiro atoms. The van der Waals surface area contributed by atoms with Gasteiger partial charge in [-0.15, -0.1) is 11.6 Å². The van der Waals surface area contributed by atoms with Crippen molar-refractivity contribution in [2.45, 2.75) is 19.3 Å². The zero-order valence-corrected chi connectivity index (χ0v) is 11.0. The molecular formula is C12H14ClFN2O3. The molecule has 0 bridgehead atoms. The molecule has 0 saturated carbocycles. The van der Waals surface area contributed by atoms with Crippen LogP contribution in [0, 0.1) is 15.9 Å². The van der Waals surface area contributed by atoms with Crippen LogP contribution in [0.25, 0.3) is 0 Å². The first-order valence-electron chi connectivity index (χ1n) is 5.84. The van der Waals surface area contributed by atoms with Crippen LogP contribution in [0.3, 0.4) is 0 Å². The molecule has 0 atom stereocenters. The molecule has 104 valence electrons. The van der Waals surface area contributed by atoms with Crippen molar-refractivity contribution in [3.8, 4) is 0 Å². The lowest BCUT2D eigenvalue weighted by Gasteiger charge is -2.05. The van der Waals surface area contributed by atoms with E-state index in [0.29, 0.717) is 12.4 Å². The molecule has 1 amide bonds. The number of alkyl halides is 1. The van der Waals surface area contributed by atoms with E-state index in [2.05, 4.69) is 5.32 Å². The highest BCUT2D eigenvalue weighted by molar-refractivity contribution is 6.17. The van der Waals surface area contributed by atoms with Gasteiger partial charge in [-0.25, -0.2) is 4.39 Å². The van der Waals surface area contributed by atoms with Crippen molar-refractivity contribution >= 4 is 23.2 Å². The first kappa shape index (κ1) is 15.4. The van der Waals surface area contributed by atoms with Crippen molar-refractivity contribution in [1.82, 2.24) is 5.32 Å². The number of benzene rings is 1. The number of carbonyl (C=O) groups is 1. The van der Waals surface area contributed by atoms with Crippen molar-refractivity contribution in [3.63, 3.8) is 0 Å². The Hall–Kier alpha value is -1.69. The average Bonchev–Trinajstić information content (AvgIpc) is 2.38. The maximum Gasteiger partial charge on any atom is 0.285 e. The van der Waals surface area contributed by atoms with E-state index in [1.165, 1.54) is 0 Å². The lowest BCUT2D eigenvalue weighted by Crippen LogP contribution is -2.25. The Labute approximate surface area is 114 Å². The van der Waals surface area contributed by atoms with Crippen molar-refractivity contribution in [1.29, 1.82) is 0 Å². The molecule has 5 nitrogen and oxygen atoms in total. The molecule has 19 heavy (non-hydrogen) atoms. The normalized spacial score (nSPS) is 10.2. The number of nitro benzene ring substituents is 1. The third-order valence-corrected chi connectivity index (χ3v) is 2.76. The third-order valence-electron chi connectivity index (χ3n) is 2.50. The monoisotopic (exact) mass is 288 g/mol. The van der Waals surface area contributed by atoms with Crippen LogP contribution in [-0.2, 0) is 0 Å². The quantitative estimate of drug-likeness (QED) is 0.363. The van der Waals surface area contributed by atoms with E-state index in [4.69, 9.17) is 11.6 Å². The van der Waals surface area contributed by atoms with Crippen LogP contribution in [0.15, 0.2) is 18.2 Å². The number of rotatable bonds is 7. The van der Waals surface area contributed by atoms with E-state index in [1.807, 2.05) is 0 Å². The summed E-state index contributed by atoms with van der Waals surface area (Å²) in [5.41, 5.74) is -0.665. The Bertz CT molecular complexity index is 468. The maximum atomic E-state index is 12.9. The van der Waals surface area contributed by atoms with Gasteiger partial charge in [0.25, 0.3) is 11.6 Å². The molecule has 0 saturated heterocycles. The van der Waals surface area contributed by atoms with Crippen molar-refractivity contribution in [3.05, 3.63) is 39.7 Å². The van der Waals surface area contributed by atoms with Crippen LogP contribution in [-0.4, -0.2) is 23.3 Å². The predicted octanol–water partition coefficient (Wildman–Crippen LogP) is 2.87. The topological polar surface area (TPSA) is 72.2 Å². The Kier molecular flexibility index (Phi) is 6.21. The summed E-state index contributed by atoms with van der Waals surface area (Å²) in [6, 6.07) is 2.87. The summed E-state index contributed by atoms with van der Waals surface area (Å²) >= 11 is 5.51. The van der Waals surface area contributed by atoms with E-state index in [-0.39, 0.29) is 5.56 Å². The van der Waals surface area contributed by atoms with Gasteiger partial charge in [-0.3, -0.25) is 14.9 Å². The van der Waals surface area contributed by atoms with E-state index >= 15 is 0 Å². The molecule has 1 rings (SSSR count). The van der Waals surface area contributed by atoms with Crippen LogP contribution < -0.4 is 5.32 Å². The molecule has 0 aromatic heterocycles. The van der Waals surface area contributed by atoms with E-state index in [1.54, 1.807) is 0 Å². The number of halogens is 2.